The molecule has 0 radical (unpaired) electrons. The number of hydrogen-bond acceptors (Lipinski definition) is 5. The third-order valence-electron chi connectivity index (χ3n) is 3.91. The summed E-state index contributed by atoms with van der Waals surface area (Å²) in [5.74, 6) is 0.342. The van der Waals surface area contributed by atoms with Crippen molar-refractivity contribution in [3.05, 3.63) is 18.2 Å². The number of amides is 1. The van der Waals surface area contributed by atoms with Crippen molar-refractivity contribution in [1.82, 2.24) is 19.9 Å². The number of ether oxygens (including phenoxy) is 1. The molecular formula is C16H23N5O2. The zero-order valence-corrected chi connectivity index (χ0v) is 13.8. The predicted molar refractivity (Wildman–Crippen MR) is 87.9 cm³/mol. The average Bonchev–Trinajstić information content (AvgIpc) is 3.05. The molecule has 1 atom stereocenters. The van der Waals surface area contributed by atoms with Gasteiger partial charge in [-0.25, -0.2) is 9.48 Å². The maximum atomic E-state index is 12.1. The first kappa shape index (κ1) is 15.6. The summed E-state index contributed by atoms with van der Waals surface area (Å²) in [6.45, 7) is 7.76. The lowest BCUT2D eigenvalue weighted by Gasteiger charge is -2.24. The highest BCUT2D eigenvalue weighted by Gasteiger charge is 2.30. The Labute approximate surface area is 135 Å². The zero-order valence-electron chi connectivity index (χ0n) is 13.8. The number of benzene rings is 1. The molecule has 0 spiro atoms. The highest BCUT2D eigenvalue weighted by atomic mass is 16.6. The van der Waals surface area contributed by atoms with Gasteiger partial charge in [0.05, 0.1) is 5.52 Å². The third-order valence-corrected chi connectivity index (χ3v) is 3.91. The van der Waals surface area contributed by atoms with Crippen molar-refractivity contribution in [1.29, 1.82) is 0 Å². The van der Waals surface area contributed by atoms with Gasteiger partial charge in [-0.1, -0.05) is 5.21 Å². The van der Waals surface area contributed by atoms with Crippen LogP contribution in [-0.2, 0) is 11.3 Å². The summed E-state index contributed by atoms with van der Waals surface area (Å²) in [5.41, 5.74) is 7.84. The van der Waals surface area contributed by atoms with Crippen molar-refractivity contribution < 1.29 is 9.53 Å². The first-order valence-corrected chi connectivity index (χ1v) is 7.88. The molecule has 1 aromatic carbocycles. The van der Waals surface area contributed by atoms with Gasteiger partial charge in [-0.3, -0.25) is 0 Å². The molecule has 2 heterocycles. The molecule has 0 saturated carbocycles. The molecule has 2 aromatic rings. The average molecular weight is 317 g/mol. The van der Waals surface area contributed by atoms with Gasteiger partial charge in [0.25, 0.3) is 0 Å². The summed E-state index contributed by atoms with van der Waals surface area (Å²) in [6.07, 6.45) is 0.691. The van der Waals surface area contributed by atoms with Crippen LogP contribution in [0.2, 0.25) is 0 Å². The fourth-order valence-corrected chi connectivity index (χ4v) is 2.84. The Morgan fingerprint density at radius 3 is 2.96 bits per heavy atom. The Bertz CT molecular complexity index is 719. The van der Waals surface area contributed by atoms with Crippen molar-refractivity contribution in [2.24, 2.45) is 5.92 Å². The van der Waals surface area contributed by atoms with E-state index in [1.54, 1.807) is 4.90 Å². The standard InChI is InChI=1S/C16H23N5O2/c1-16(2,3)23-15(22)20-7-6-11(9-20)10-21-14-8-12(17)4-5-13(14)18-19-21/h4-5,8,11H,6-7,9-10,17H2,1-3H3. The van der Waals surface area contributed by atoms with Crippen LogP contribution in [0.1, 0.15) is 27.2 Å². The van der Waals surface area contributed by atoms with E-state index in [1.165, 1.54) is 0 Å². The maximum absolute atomic E-state index is 12.1. The predicted octanol–water partition coefficient (Wildman–Crippen LogP) is 2.27. The molecule has 1 aromatic heterocycles. The van der Waals surface area contributed by atoms with E-state index < -0.39 is 5.60 Å². The Morgan fingerprint density at radius 2 is 2.22 bits per heavy atom. The Morgan fingerprint density at radius 1 is 1.43 bits per heavy atom. The SMILES string of the molecule is CC(C)(C)OC(=O)N1CCC(Cn2nnc3ccc(N)cc32)C1. The van der Waals surface area contributed by atoms with Gasteiger partial charge in [-0.2, -0.15) is 0 Å². The molecule has 7 heteroatoms. The Balaban J connectivity index is 1.65. The molecule has 1 saturated heterocycles. The van der Waals surface area contributed by atoms with Crippen molar-refractivity contribution in [2.75, 3.05) is 18.8 Å². The van der Waals surface area contributed by atoms with Gasteiger partial charge in [0.1, 0.15) is 11.1 Å². The summed E-state index contributed by atoms with van der Waals surface area (Å²) >= 11 is 0. The van der Waals surface area contributed by atoms with Crippen molar-refractivity contribution in [2.45, 2.75) is 39.3 Å². The smallest absolute Gasteiger partial charge is 0.410 e. The number of nitrogens with two attached hydrogens (primary N) is 1. The van der Waals surface area contributed by atoms with E-state index in [9.17, 15) is 4.79 Å². The van der Waals surface area contributed by atoms with Crippen LogP contribution in [0.25, 0.3) is 11.0 Å². The highest BCUT2D eigenvalue weighted by Crippen LogP contribution is 2.23. The molecular weight excluding hydrogens is 294 g/mol. The number of likely N-dealkylation sites (tertiary alicyclic amines) is 1. The molecule has 0 bridgehead atoms. The minimum Gasteiger partial charge on any atom is -0.444 e. The number of fused-ring (bicyclic) bond motifs is 1. The fraction of sp³-hybridized carbons (Fsp3) is 0.562. The molecule has 23 heavy (non-hydrogen) atoms. The molecule has 1 amide bonds. The summed E-state index contributed by atoms with van der Waals surface area (Å²) in [6, 6.07) is 5.58. The fourth-order valence-electron chi connectivity index (χ4n) is 2.84. The summed E-state index contributed by atoms with van der Waals surface area (Å²) in [7, 11) is 0. The second kappa shape index (κ2) is 5.72. The van der Waals surface area contributed by atoms with Gasteiger partial charge in [-0.15, -0.1) is 5.10 Å². The van der Waals surface area contributed by atoms with E-state index in [0.29, 0.717) is 24.7 Å². The molecule has 1 fully saturated rings. The van der Waals surface area contributed by atoms with Crippen LogP contribution in [0.3, 0.4) is 0 Å². The zero-order chi connectivity index (χ0) is 16.6. The molecule has 124 valence electrons. The van der Waals surface area contributed by atoms with Gasteiger partial charge in [-0.05, 0) is 51.3 Å². The maximum Gasteiger partial charge on any atom is 0.410 e. The quantitative estimate of drug-likeness (QED) is 0.859. The highest BCUT2D eigenvalue weighted by molar-refractivity contribution is 5.78. The number of nitrogens with zero attached hydrogens (tertiary/aromatic N) is 4. The largest absolute Gasteiger partial charge is 0.444 e. The van der Waals surface area contributed by atoms with Crippen LogP contribution in [0.5, 0.6) is 0 Å². The number of carbonyl (C=O) groups is 1. The van der Waals surface area contributed by atoms with Crippen LogP contribution < -0.4 is 5.73 Å². The lowest BCUT2D eigenvalue weighted by molar-refractivity contribution is 0.0287. The van der Waals surface area contributed by atoms with E-state index in [1.807, 2.05) is 43.7 Å². The van der Waals surface area contributed by atoms with Gasteiger partial charge < -0.3 is 15.4 Å². The second-order valence-electron chi connectivity index (χ2n) is 7.10. The molecule has 7 nitrogen and oxygen atoms in total. The normalized spacial score (nSPS) is 18.6. The number of aromatic nitrogens is 3. The molecule has 2 N–H and O–H groups in total. The summed E-state index contributed by atoms with van der Waals surface area (Å²) in [4.78, 5) is 13.9. The monoisotopic (exact) mass is 317 g/mol. The van der Waals surface area contributed by atoms with E-state index in [2.05, 4.69) is 10.3 Å². The summed E-state index contributed by atoms with van der Waals surface area (Å²) < 4.78 is 7.30. The van der Waals surface area contributed by atoms with Crippen LogP contribution in [0.4, 0.5) is 10.5 Å². The number of anilines is 1. The van der Waals surface area contributed by atoms with Gasteiger partial charge >= 0.3 is 6.09 Å². The first-order valence-electron chi connectivity index (χ1n) is 7.88. The third kappa shape index (κ3) is 3.55. The topological polar surface area (TPSA) is 86.3 Å². The minimum absolute atomic E-state index is 0.243. The number of carbonyl (C=O) groups excluding carboxylic acids is 1. The van der Waals surface area contributed by atoms with Gasteiger partial charge in [0.2, 0.25) is 0 Å². The van der Waals surface area contributed by atoms with E-state index >= 15 is 0 Å². The van der Waals surface area contributed by atoms with E-state index in [0.717, 1.165) is 24.0 Å². The first-order chi connectivity index (χ1) is 10.8. The lowest BCUT2D eigenvalue weighted by Crippen LogP contribution is -2.35. The van der Waals surface area contributed by atoms with Crippen molar-refractivity contribution >= 4 is 22.8 Å². The van der Waals surface area contributed by atoms with Crippen LogP contribution >= 0.6 is 0 Å². The number of hydrogen-bond donors (Lipinski definition) is 1. The van der Waals surface area contributed by atoms with E-state index in [-0.39, 0.29) is 6.09 Å². The molecule has 0 aliphatic carbocycles. The van der Waals surface area contributed by atoms with E-state index in [4.69, 9.17) is 10.5 Å². The number of nitrogen functional groups attached to an aromatic ring is 1. The minimum atomic E-state index is -0.463. The lowest BCUT2D eigenvalue weighted by atomic mass is 10.1. The van der Waals surface area contributed by atoms with Crippen LogP contribution in [0.15, 0.2) is 18.2 Å². The van der Waals surface area contributed by atoms with Crippen LogP contribution in [0, 0.1) is 5.92 Å². The van der Waals surface area contributed by atoms with Crippen molar-refractivity contribution in [3.8, 4) is 0 Å². The van der Waals surface area contributed by atoms with Gasteiger partial charge in [0, 0.05) is 25.3 Å². The summed E-state index contributed by atoms with van der Waals surface area (Å²) in [5, 5.41) is 8.36. The van der Waals surface area contributed by atoms with Crippen molar-refractivity contribution in [3.63, 3.8) is 0 Å². The molecule has 1 aliphatic rings. The number of rotatable bonds is 2. The van der Waals surface area contributed by atoms with Crippen LogP contribution in [-0.4, -0.2) is 44.7 Å². The van der Waals surface area contributed by atoms with Gasteiger partial charge in [0.15, 0.2) is 0 Å². The Hall–Kier alpha value is -2.31. The molecule has 1 unspecified atom stereocenters. The molecule has 3 rings (SSSR count). The molecule has 1 aliphatic heterocycles. The second-order valence-corrected chi connectivity index (χ2v) is 7.10. The Kier molecular flexibility index (Phi) is 3.87.